The van der Waals surface area contributed by atoms with E-state index in [9.17, 15) is 4.79 Å². The fraction of sp³-hybridized carbons (Fsp3) is 0.211. The van der Waals surface area contributed by atoms with Crippen LogP contribution in [0.3, 0.4) is 0 Å². The van der Waals surface area contributed by atoms with Gasteiger partial charge < -0.3 is 14.2 Å². The number of fused-ring (bicyclic) bond motifs is 1. The molecule has 1 aromatic heterocycles. The molecule has 1 aliphatic rings. The Balaban J connectivity index is 1.39. The van der Waals surface area contributed by atoms with Crippen LogP contribution in [0.4, 0.5) is 0 Å². The van der Waals surface area contributed by atoms with Gasteiger partial charge in [0.1, 0.15) is 32.5 Å². The largest absolute Gasteiger partial charge is 0.486 e. The van der Waals surface area contributed by atoms with E-state index in [-0.39, 0.29) is 12.6 Å². The monoisotopic (exact) mass is 429 g/mol. The predicted molar refractivity (Wildman–Crippen MR) is 99.8 cm³/mol. The Morgan fingerprint density at radius 3 is 2.59 bits per heavy atom. The van der Waals surface area contributed by atoms with Crippen molar-refractivity contribution >= 4 is 21.9 Å². The number of halogens is 1. The molecule has 2 heterocycles. The summed E-state index contributed by atoms with van der Waals surface area (Å²) in [7, 11) is 0. The third-order valence-corrected chi connectivity index (χ3v) is 4.81. The second kappa shape index (κ2) is 7.79. The van der Waals surface area contributed by atoms with Crippen molar-refractivity contribution in [3.63, 3.8) is 0 Å². The molecule has 0 saturated carbocycles. The summed E-state index contributed by atoms with van der Waals surface area (Å²) >= 11 is 3.48. The molecule has 0 radical (unpaired) electrons. The van der Waals surface area contributed by atoms with Gasteiger partial charge in [-0.1, -0.05) is 28.1 Å². The first kappa shape index (κ1) is 17.5. The summed E-state index contributed by atoms with van der Waals surface area (Å²) in [4.78, 5) is 16.2. The van der Waals surface area contributed by atoms with Gasteiger partial charge in [0.25, 0.3) is 0 Å². The number of rotatable bonds is 5. The lowest BCUT2D eigenvalue weighted by atomic mass is 10.1. The quantitative estimate of drug-likeness (QED) is 0.579. The summed E-state index contributed by atoms with van der Waals surface area (Å²) in [5, 5.41) is 4.06. The number of hydrogen-bond acceptors (Lipinski definition) is 6. The van der Waals surface area contributed by atoms with E-state index < -0.39 is 0 Å². The van der Waals surface area contributed by atoms with Gasteiger partial charge in [-0.05, 0) is 29.8 Å². The standard InChI is InChI=1S/C19H16BrN3O4/c20-16-8-18-17(25-5-6-26-18)7-15(16)10-27-19(24)14-3-1-13(2-4-14)9-23-12-21-11-22-23/h1-4,7-8,11-12H,5-6,9-10H2. The Labute approximate surface area is 164 Å². The first-order valence-corrected chi connectivity index (χ1v) is 9.15. The van der Waals surface area contributed by atoms with Crippen molar-refractivity contribution in [3.05, 3.63) is 70.2 Å². The highest BCUT2D eigenvalue weighted by Gasteiger charge is 2.16. The van der Waals surface area contributed by atoms with E-state index in [1.807, 2.05) is 24.3 Å². The molecule has 0 spiro atoms. The van der Waals surface area contributed by atoms with Crippen LogP contribution >= 0.6 is 15.9 Å². The highest BCUT2D eigenvalue weighted by molar-refractivity contribution is 9.10. The predicted octanol–water partition coefficient (Wildman–Crippen LogP) is 3.22. The normalized spacial score (nSPS) is 12.6. The average Bonchev–Trinajstić information content (AvgIpc) is 3.19. The fourth-order valence-corrected chi connectivity index (χ4v) is 3.13. The number of aromatic nitrogens is 3. The number of carbonyl (C=O) groups is 1. The third-order valence-electron chi connectivity index (χ3n) is 4.07. The van der Waals surface area contributed by atoms with Crippen molar-refractivity contribution in [1.82, 2.24) is 14.8 Å². The Bertz CT molecular complexity index is 942. The second-order valence-electron chi connectivity index (χ2n) is 5.95. The van der Waals surface area contributed by atoms with E-state index in [2.05, 4.69) is 26.0 Å². The molecule has 4 rings (SSSR count). The van der Waals surface area contributed by atoms with Crippen molar-refractivity contribution in [2.45, 2.75) is 13.2 Å². The van der Waals surface area contributed by atoms with Gasteiger partial charge in [0.05, 0.1) is 12.1 Å². The molecule has 3 aromatic rings. The van der Waals surface area contributed by atoms with Gasteiger partial charge >= 0.3 is 5.97 Å². The third kappa shape index (κ3) is 4.11. The minimum absolute atomic E-state index is 0.136. The van der Waals surface area contributed by atoms with Crippen LogP contribution in [0.2, 0.25) is 0 Å². The Morgan fingerprint density at radius 1 is 1.15 bits per heavy atom. The lowest BCUT2D eigenvalue weighted by Gasteiger charge is -2.19. The van der Waals surface area contributed by atoms with Gasteiger partial charge in [-0.2, -0.15) is 5.10 Å². The van der Waals surface area contributed by atoms with E-state index in [4.69, 9.17) is 14.2 Å². The summed E-state index contributed by atoms with van der Waals surface area (Å²) < 4.78 is 19.1. The first-order valence-electron chi connectivity index (χ1n) is 8.35. The lowest BCUT2D eigenvalue weighted by molar-refractivity contribution is 0.0471. The van der Waals surface area contributed by atoms with E-state index >= 15 is 0 Å². The number of ether oxygens (including phenoxy) is 3. The molecule has 27 heavy (non-hydrogen) atoms. The number of esters is 1. The van der Waals surface area contributed by atoms with Crippen LogP contribution in [0, 0.1) is 0 Å². The molecule has 138 valence electrons. The van der Waals surface area contributed by atoms with Gasteiger partial charge in [-0.25, -0.2) is 14.5 Å². The summed E-state index contributed by atoms with van der Waals surface area (Å²) in [5.74, 6) is 0.961. The number of carbonyl (C=O) groups excluding carboxylic acids is 1. The molecule has 0 bridgehead atoms. The molecule has 1 aliphatic heterocycles. The van der Waals surface area contributed by atoms with Gasteiger partial charge in [-0.15, -0.1) is 0 Å². The van der Waals surface area contributed by atoms with Gasteiger partial charge in [0.15, 0.2) is 11.5 Å². The van der Waals surface area contributed by atoms with Crippen molar-refractivity contribution in [2.24, 2.45) is 0 Å². The zero-order chi connectivity index (χ0) is 18.6. The van der Waals surface area contributed by atoms with Crippen molar-refractivity contribution < 1.29 is 19.0 Å². The molecule has 0 fully saturated rings. The molecule has 0 aliphatic carbocycles. The Kier molecular flexibility index (Phi) is 5.06. The fourth-order valence-electron chi connectivity index (χ4n) is 2.69. The van der Waals surface area contributed by atoms with E-state index in [0.29, 0.717) is 36.8 Å². The lowest BCUT2D eigenvalue weighted by Crippen LogP contribution is -2.15. The maximum atomic E-state index is 12.3. The van der Waals surface area contributed by atoms with Gasteiger partial charge in [0.2, 0.25) is 0 Å². The molecular formula is C19H16BrN3O4. The smallest absolute Gasteiger partial charge is 0.338 e. The molecular weight excluding hydrogens is 414 g/mol. The molecule has 0 unspecified atom stereocenters. The first-order chi connectivity index (χ1) is 13.2. The molecule has 0 amide bonds. The van der Waals surface area contributed by atoms with Crippen LogP contribution in [0.5, 0.6) is 11.5 Å². The summed E-state index contributed by atoms with van der Waals surface area (Å²) in [6.45, 7) is 1.77. The molecule has 2 aromatic carbocycles. The summed E-state index contributed by atoms with van der Waals surface area (Å²) in [5.41, 5.74) is 2.33. The van der Waals surface area contributed by atoms with Crippen LogP contribution < -0.4 is 9.47 Å². The molecule has 0 saturated heterocycles. The summed E-state index contributed by atoms with van der Waals surface area (Å²) in [6.07, 6.45) is 3.13. The van der Waals surface area contributed by atoms with Crippen LogP contribution in [-0.4, -0.2) is 33.9 Å². The van der Waals surface area contributed by atoms with E-state index in [1.165, 1.54) is 6.33 Å². The van der Waals surface area contributed by atoms with Gasteiger partial charge in [0, 0.05) is 10.0 Å². The number of nitrogens with zero attached hydrogens (tertiary/aromatic N) is 3. The summed E-state index contributed by atoms with van der Waals surface area (Å²) in [6, 6.07) is 10.9. The Morgan fingerprint density at radius 2 is 1.89 bits per heavy atom. The van der Waals surface area contributed by atoms with Crippen LogP contribution in [-0.2, 0) is 17.9 Å². The van der Waals surface area contributed by atoms with E-state index in [0.717, 1.165) is 15.6 Å². The minimum Gasteiger partial charge on any atom is -0.486 e. The van der Waals surface area contributed by atoms with Crippen LogP contribution in [0.15, 0.2) is 53.5 Å². The van der Waals surface area contributed by atoms with Crippen molar-refractivity contribution in [3.8, 4) is 11.5 Å². The van der Waals surface area contributed by atoms with Crippen LogP contribution in [0.25, 0.3) is 0 Å². The number of hydrogen-bond donors (Lipinski definition) is 0. The highest BCUT2D eigenvalue weighted by atomic mass is 79.9. The zero-order valence-electron chi connectivity index (χ0n) is 14.3. The zero-order valence-corrected chi connectivity index (χ0v) is 15.9. The maximum Gasteiger partial charge on any atom is 0.338 e. The molecule has 0 N–H and O–H groups in total. The van der Waals surface area contributed by atoms with Crippen molar-refractivity contribution in [1.29, 1.82) is 0 Å². The number of benzene rings is 2. The van der Waals surface area contributed by atoms with Crippen LogP contribution in [0.1, 0.15) is 21.5 Å². The molecule has 7 nitrogen and oxygen atoms in total. The SMILES string of the molecule is O=C(OCc1cc2c(cc1Br)OCCO2)c1ccc(Cn2cncn2)cc1. The topological polar surface area (TPSA) is 75.5 Å². The molecule has 0 atom stereocenters. The highest BCUT2D eigenvalue weighted by Crippen LogP contribution is 2.35. The van der Waals surface area contributed by atoms with Gasteiger partial charge in [-0.3, -0.25) is 0 Å². The maximum absolute atomic E-state index is 12.3. The average molecular weight is 430 g/mol. The molecule has 8 heteroatoms. The second-order valence-corrected chi connectivity index (χ2v) is 6.81. The minimum atomic E-state index is -0.385. The van der Waals surface area contributed by atoms with E-state index in [1.54, 1.807) is 23.1 Å². The Hall–Kier alpha value is -2.87. The van der Waals surface area contributed by atoms with Crippen molar-refractivity contribution in [2.75, 3.05) is 13.2 Å².